The van der Waals surface area contributed by atoms with Gasteiger partial charge in [-0.2, -0.15) is 0 Å². The smallest absolute Gasteiger partial charge is 0.330 e. The molecule has 142 valence electrons. The Morgan fingerprint density at radius 1 is 1.30 bits per heavy atom. The third kappa shape index (κ3) is 4.53. The van der Waals surface area contributed by atoms with Crippen LogP contribution in [0.5, 0.6) is 11.6 Å². The topological polar surface area (TPSA) is 107 Å². The molecule has 0 spiro atoms. The summed E-state index contributed by atoms with van der Waals surface area (Å²) in [5.74, 6) is -0.659. The molecule has 1 aromatic carbocycles. The van der Waals surface area contributed by atoms with Gasteiger partial charge in [-0.25, -0.2) is 9.78 Å². The number of fused-ring (bicyclic) bond motifs is 1. The lowest BCUT2D eigenvalue weighted by molar-refractivity contribution is -0.139. The highest BCUT2D eigenvalue weighted by atomic mass is 16.5. The van der Waals surface area contributed by atoms with Crippen molar-refractivity contribution in [3.05, 3.63) is 53.2 Å². The minimum absolute atomic E-state index is 0.258. The number of aromatic nitrogens is 1. The second-order valence-corrected chi connectivity index (χ2v) is 5.93. The monoisotopic (exact) mass is 372 g/mol. The first-order valence-corrected chi connectivity index (χ1v) is 8.45. The van der Waals surface area contributed by atoms with Gasteiger partial charge >= 0.3 is 5.97 Å². The second-order valence-electron chi connectivity index (χ2n) is 5.93. The van der Waals surface area contributed by atoms with Crippen molar-refractivity contribution in [1.29, 1.82) is 0 Å². The van der Waals surface area contributed by atoms with Crippen molar-refractivity contribution in [2.24, 2.45) is 0 Å². The Labute approximate surface area is 156 Å². The maximum atomic E-state index is 12.5. The summed E-state index contributed by atoms with van der Waals surface area (Å²) < 4.78 is 15.7. The van der Waals surface area contributed by atoms with Gasteiger partial charge < -0.3 is 24.6 Å². The molecule has 1 atom stereocenters. The lowest BCUT2D eigenvalue weighted by Gasteiger charge is -2.16. The first kappa shape index (κ1) is 18.7. The Hall–Kier alpha value is -3.13. The zero-order chi connectivity index (χ0) is 19.2. The van der Waals surface area contributed by atoms with E-state index in [-0.39, 0.29) is 11.4 Å². The third-order valence-electron chi connectivity index (χ3n) is 4.10. The second kappa shape index (κ2) is 8.50. The van der Waals surface area contributed by atoms with E-state index in [0.29, 0.717) is 25.4 Å². The van der Waals surface area contributed by atoms with E-state index in [9.17, 15) is 14.7 Å². The van der Waals surface area contributed by atoms with Crippen LogP contribution in [-0.2, 0) is 16.0 Å². The van der Waals surface area contributed by atoms with E-state index in [4.69, 9.17) is 14.2 Å². The van der Waals surface area contributed by atoms with E-state index in [2.05, 4.69) is 10.3 Å². The summed E-state index contributed by atoms with van der Waals surface area (Å²) in [5, 5.41) is 12.1. The van der Waals surface area contributed by atoms with Crippen molar-refractivity contribution in [1.82, 2.24) is 10.3 Å². The summed E-state index contributed by atoms with van der Waals surface area (Å²) in [6.07, 6.45) is 2.15. The molecule has 0 aliphatic carbocycles. The molecule has 0 saturated carbocycles. The van der Waals surface area contributed by atoms with E-state index < -0.39 is 17.9 Å². The number of pyridine rings is 1. The Morgan fingerprint density at radius 2 is 2.15 bits per heavy atom. The van der Waals surface area contributed by atoms with Gasteiger partial charge in [0, 0.05) is 31.4 Å². The highest BCUT2D eigenvalue weighted by molar-refractivity contribution is 5.97. The number of benzene rings is 1. The van der Waals surface area contributed by atoms with Crippen molar-refractivity contribution in [3.63, 3.8) is 0 Å². The van der Waals surface area contributed by atoms with Crippen LogP contribution in [0.2, 0.25) is 0 Å². The number of nitrogens with one attached hydrogen (secondary N) is 1. The van der Waals surface area contributed by atoms with Crippen molar-refractivity contribution < 1.29 is 28.9 Å². The van der Waals surface area contributed by atoms with Gasteiger partial charge in [0.25, 0.3) is 5.91 Å². The molecule has 0 radical (unpaired) electrons. The molecular weight excluding hydrogens is 352 g/mol. The fourth-order valence-corrected chi connectivity index (χ4v) is 2.75. The average Bonchev–Trinajstić information content (AvgIpc) is 3.14. The predicted molar refractivity (Wildman–Crippen MR) is 95.1 cm³/mol. The summed E-state index contributed by atoms with van der Waals surface area (Å²) in [6, 6.07) is 6.92. The highest BCUT2D eigenvalue weighted by Gasteiger charge is 2.25. The summed E-state index contributed by atoms with van der Waals surface area (Å²) in [5.41, 5.74) is 1.68. The molecule has 2 N–H and O–H groups in total. The Bertz CT molecular complexity index is 839. The Morgan fingerprint density at radius 3 is 2.93 bits per heavy atom. The van der Waals surface area contributed by atoms with Gasteiger partial charge in [0.1, 0.15) is 12.4 Å². The maximum absolute atomic E-state index is 12.5. The lowest BCUT2D eigenvalue weighted by atomic mass is 10.0. The number of carbonyl (C=O) groups excluding carboxylic acids is 1. The first-order chi connectivity index (χ1) is 13.1. The number of carboxylic acid groups (broad SMARTS) is 1. The number of ether oxygens (including phenoxy) is 3. The predicted octanol–water partition coefficient (Wildman–Crippen LogP) is 1.60. The quantitative estimate of drug-likeness (QED) is 0.678. The third-order valence-corrected chi connectivity index (χ3v) is 4.10. The summed E-state index contributed by atoms with van der Waals surface area (Å²) in [6.45, 7) is 1.26. The highest BCUT2D eigenvalue weighted by Crippen LogP contribution is 2.28. The van der Waals surface area contributed by atoms with Crippen LogP contribution in [0.15, 0.2) is 36.5 Å². The largest absolute Gasteiger partial charge is 0.493 e. The minimum Gasteiger partial charge on any atom is -0.493 e. The first-order valence-electron chi connectivity index (χ1n) is 8.45. The van der Waals surface area contributed by atoms with Gasteiger partial charge in [-0.3, -0.25) is 4.79 Å². The molecule has 0 bridgehead atoms. The van der Waals surface area contributed by atoms with Gasteiger partial charge in [0.2, 0.25) is 5.88 Å². The van der Waals surface area contributed by atoms with Gasteiger partial charge in [-0.05, 0) is 29.3 Å². The number of nitrogens with zero attached hydrogens (tertiary/aromatic N) is 1. The molecule has 1 aliphatic heterocycles. The van der Waals surface area contributed by atoms with Crippen molar-refractivity contribution in [2.45, 2.75) is 12.5 Å². The van der Waals surface area contributed by atoms with E-state index >= 15 is 0 Å². The Balaban J connectivity index is 1.74. The van der Waals surface area contributed by atoms with E-state index in [1.54, 1.807) is 25.3 Å². The number of hydrogen-bond acceptors (Lipinski definition) is 6. The van der Waals surface area contributed by atoms with Crippen LogP contribution >= 0.6 is 0 Å². The lowest BCUT2D eigenvalue weighted by Crippen LogP contribution is -2.33. The van der Waals surface area contributed by atoms with E-state index in [1.807, 2.05) is 0 Å². The molecule has 2 heterocycles. The molecular formula is C19H20N2O6. The van der Waals surface area contributed by atoms with Crippen molar-refractivity contribution >= 4 is 11.9 Å². The molecule has 0 saturated heterocycles. The van der Waals surface area contributed by atoms with Crippen LogP contribution in [-0.4, -0.2) is 48.9 Å². The van der Waals surface area contributed by atoms with Crippen molar-refractivity contribution in [2.75, 3.05) is 26.9 Å². The molecule has 2 aromatic rings. The van der Waals surface area contributed by atoms with Gasteiger partial charge in [0.05, 0.1) is 13.2 Å². The molecule has 8 nitrogen and oxygen atoms in total. The number of carbonyl (C=O) groups is 2. The van der Waals surface area contributed by atoms with Crippen LogP contribution in [0, 0.1) is 0 Å². The zero-order valence-electron chi connectivity index (χ0n) is 14.8. The number of aliphatic carboxylic acids is 1. The molecule has 1 unspecified atom stereocenters. The normalized spacial score (nSPS) is 13.4. The average molecular weight is 372 g/mol. The summed E-state index contributed by atoms with van der Waals surface area (Å²) in [7, 11) is 1.55. The van der Waals surface area contributed by atoms with Gasteiger partial charge in [-0.15, -0.1) is 0 Å². The number of rotatable bonds is 8. The molecule has 1 aromatic heterocycles. The SMILES string of the molecule is COCCOc1cc(C(=O)NC(C(=O)O)c2ccc3c(c2)CCO3)ccn1. The number of hydrogen-bond donors (Lipinski definition) is 2. The molecule has 1 amide bonds. The molecule has 1 aliphatic rings. The fraction of sp³-hybridized carbons (Fsp3) is 0.316. The van der Waals surface area contributed by atoms with Crippen LogP contribution in [0.25, 0.3) is 0 Å². The summed E-state index contributed by atoms with van der Waals surface area (Å²) in [4.78, 5) is 28.3. The molecule has 0 fully saturated rings. The van der Waals surface area contributed by atoms with Gasteiger partial charge in [0.15, 0.2) is 6.04 Å². The zero-order valence-corrected chi connectivity index (χ0v) is 14.8. The van der Waals surface area contributed by atoms with Crippen LogP contribution in [0.4, 0.5) is 0 Å². The molecule has 8 heteroatoms. The standard InChI is InChI=1S/C19H20N2O6/c1-25-8-9-27-16-11-14(4-6-20-16)18(22)21-17(19(23)24)13-2-3-15-12(10-13)5-7-26-15/h2-4,6,10-11,17H,5,7-9H2,1H3,(H,21,22)(H,23,24). The fourth-order valence-electron chi connectivity index (χ4n) is 2.75. The van der Waals surface area contributed by atoms with E-state index in [0.717, 1.165) is 17.7 Å². The number of carboxylic acids is 1. The number of methoxy groups -OCH3 is 1. The van der Waals surface area contributed by atoms with Gasteiger partial charge in [-0.1, -0.05) is 6.07 Å². The van der Waals surface area contributed by atoms with Crippen LogP contribution in [0.1, 0.15) is 27.5 Å². The maximum Gasteiger partial charge on any atom is 0.330 e. The Kier molecular flexibility index (Phi) is 5.87. The molecule has 3 rings (SSSR count). The van der Waals surface area contributed by atoms with Crippen LogP contribution in [0.3, 0.4) is 0 Å². The van der Waals surface area contributed by atoms with Crippen molar-refractivity contribution in [3.8, 4) is 11.6 Å². The number of amides is 1. The molecule has 27 heavy (non-hydrogen) atoms. The minimum atomic E-state index is -1.17. The summed E-state index contributed by atoms with van der Waals surface area (Å²) >= 11 is 0. The van der Waals surface area contributed by atoms with Crippen LogP contribution < -0.4 is 14.8 Å². The van der Waals surface area contributed by atoms with E-state index in [1.165, 1.54) is 18.3 Å².